The molecule has 0 spiro atoms. The lowest BCUT2D eigenvalue weighted by atomic mass is 10.1. The molecule has 0 aliphatic carbocycles. The Balaban J connectivity index is 1.38. The molecule has 0 saturated carbocycles. The van der Waals surface area contributed by atoms with E-state index in [2.05, 4.69) is 15.3 Å². The molecule has 6 nitrogen and oxygen atoms in total. The Morgan fingerprint density at radius 1 is 1.18 bits per heavy atom. The van der Waals surface area contributed by atoms with Gasteiger partial charge in [0.25, 0.3) is 0 Å². The number of carbonyl (C=O) groups is 2. The zero-order valence-electron chi connectivity index (χ0n) is 15.9. The summed E-state index contributed by atoms with van der Waals surface area (Å²) in [6, 6.07) is 15.1. The summed E-state index contributed by atoms with van der Waals surface area (Å²) in [6.07, 6.45) is 2.43. The predicted molar refractivity (Wildman–Crippen MR) is 109 cm³/mol. The average Bonchev–Trinajstić information content (AvgIpc) is 3.34. The van der Waals surface area contributed by atoms with Gasteiger partial charge in [0.2, 0.25) is 11.8 Å². The highest BCUT2D eigenvalue weighted by molar-refractivity contribution is 5.98. The fraction of sp³-hybridized carbons (Fsp3) is 0.318. The van der Waals surface area contributed by atoms with E-state index in [1.807, 2.05) is 55.5 Å². The number of hydrogen-bond acceptors (Lipinski definition) is 3. The highest BCUT2D eigenvalue weighted by Crippen LogP contribution is 2.22. The van der Waals surface area contributed by atoms with E-state index < -0.39 is 6.04 Å². The first-order valence-electron chi connectivity index (χ1n) is 9.71. The Morgan fingerprint density at radius 2 is 1.96 bits per heavy atom. The van der Waals surface area contributed by atoms with Crippen LogP contribution in [0.1, 0.15) is 30.7 Å². The van der Waals surface area contributed by atoms with E-state index >= 15 is 0 Å². The van der Waals surface area contributed by atoms with Gasteiger partial charge in [-0.2, -0.15) is 0 Å². The van der Waals surface area contributed by atoms with Gasteiger partial charge in [0, 0.05) is 25.1 Å². The molecule has 2 heterocycles. The Labute approximate surface area is 164 Å². The quantitative estimate of drug-likeness (QED) is 0.716. The molecule has 1 atom stereocenters. The third-order valence-corrected chi connectivity index (χ3v) is 5.29. The third-order valence-electron chi connectivity index (χ3n) is 5.29. The van der Waals surface area contributed by atoms with Crippen molar-refractivity contribution in [1.29, 1.82) is 0 Å². The zero-order valence-corrected chi connectivity index (χ0v) is 15.9. The largest absolute Gasteiger partial charge is 0.342 e. The van der Waals surface area contributed by atoms with Crippen molar-refractivity contribution in [1.82, 2.24) is 14.9 Å². The van der Waals surface area contributed by atoms with Crippen LogP contribution in [0.5, 0.6) is 0 Å². The molecular formula is C22H24N4O2. The number of H-pyrrole nitrogens is 1. The van der Waals surface area contributed by atoms with Crippen molar-refractivity contribution in [2.75, 3.05) is 11.9 Å². The monoisotopic (exact) mass is 376 g/mol. The number of nitrogens with zero attached hydrogens (tertiary/aromatic N) is 2. The zero-order chi connectivity index (χ0) is 19.5. The number of aromatic nitrogens is 2. The number of rotatable bonds is 5. The molecule has 144 valence electrons. The lowest BCUT2D eigenvalue weighted by Gasteiger charge is -2.24. The third kappa shape index (κ3) is 3.76. The van der Waals surface area contributed by atoms with Gasteiger partial charge in [0.1, 0.15) is 11.9 Å². The van der Waals surface area contributed by atoms with Crippen molar-refractivity contribution in [3.8, 4) is 0 Å². The lowest BCUT2D eigenvalue weighted by Crippen LogP contribution is -2.43. The van der Waals surface area contributed by atoms with Crippen LogP contribution >= 0.6 is 0 Å². The van der Waals surface area contributed by atoms with Gasteiger partial charge in [0.15, 0.2) is 0 Å². The molecule has 0 bridgehead atoms. The van der Waals surface area contributed by atoms with Crippen molar-refractivity contribution >= 4 is 28.5 Å². The number of hydrogen-bond donors (Lipinski definition) is 2. The fourth-order valence-electron chi connectivity index (χ4n) is 3.76. The van der Waals surface area contributed by atoms with E-state index in [9.17, 15) is 9.59 Å². The molecule has 1 saturated heterocycles. The van der Waals surface area contributed by atoms with E-state index in [-0.39, 0.29) is 11.8 Å². The molecule has 0 radical (unpaired) electrons. The number of benzene rings is 2. The Morgan fingerprint density at radius 3 is 2.79 bits per heavy atom. The first kappa shape index (κ1) is 18.2. The van der Waals surface area contributed by atoms with Crippen molar-refractivity contribution in [3.63, 3.8) is 0 Å². The normalized spacial score (nSPS) is 16.5. The maximum absolute atomic E-state index is 12.8. The molecular weight excluding hydrogens is 352 g/mol. The summed E-state index contributed by atoms with van der Waals surface area (Å²) in [4.78, 5) is 35.0. The maximum Gasteiger partial charge on any atom is 0.247 e. The number of aryl methyl sites for hydroxylation is 2. The predicted octanol–water partition coefficient (Wildman–Crippen LogP) is 3.43. The van der Waals surface area contributed by atoms with E-state index in [1.165, 1.54) is 0 Å². The van der Waals surface area contributed by atoms with E-state index in [0.717, 1.165) is 34.5 Å². The van der Waals surface area contributed by atoms with Crippen LogP contribution in [0.25, 0.3) is 11.0 Å². The van der Waals surface area contributed by atoms with Crippen molar-refractivity contribution in [2.24, 2.45) is 0 Å². The molecule has 6 heteroatoms. The molecule has 1 aliphatic rings. The van der Waals surface area contributed by atoms with Crippen LogP contribution < -0.4 is 5.32 Å². The molecule has 0 unspecified atom stereocenters. The number of aromatic amines is 1. The molecule has 28 heavy (non-hydrogen) atoms. The highest BCUT2D eigenvalue weighted by atomic mass is 16.2. The highest BCUT2D eigenvalue weighted by Gasteiger charge is 2.33. The van der Waals surface area contributed by atoms with Crippen LogP contribution in [-0.2, 0) is 16.0 Å². The SMILES string of the molecule is Cc1ccccc1NC(=O)[C@@H]1CCCN1C(=O)CCc1nc2ccccc2[nH]1. The average molecular weight is 376 g/mol. The summed E-state index contributed by atoms with van der Waals surface area (Å²) in [7, 11) is 0. The summed E-state index contributed by atoms with van der Waals surface area (Å²) in [5.41, 5.74) is 3.69. The number of amides is 2. The van der Waals surface area contributed by atoms with Gasteiger partial charge >= 0.3 is 0 Å². The number of fused-ring (bicyclic) bond motifs is 1. The Bertz CT molecular complexity index is 977. The van der Waals surface area contributed by atoms with Crippen LogP contribution in [0.3, 0.4) is 0 Å². The van der Waals surface area contributed by atoms with Gasteiger partial charge in [-0.1, -0.05) is 30.3 Å². The number of para-hydroxylation sites is 3. The van der Waals surface area contributed by atoms with Crippen LogP contribution in [-0.4, -0.2) is 39.3 Å². The van der Waals surface area contributed by atoms with Crippen LogP contribution in [0.15, 0.2) is 48.5 Å². The van der Waals surface area contributed by atoms with Gasteiger partial charge < -0.3 is 15.2 Å². The first-order chi connectivity index (χ1) is 13.6. The molecule has 1 aliphatic heterocycles. The number of anilines is 1. The summed E-state index contributed by atoms with van der Waals surface area (Å²) in [5.74, 6) is 0.696. The first-order valence-corrected chi connectivity index (χ1v) is 9.71. The van der Waals surface area contributed by atoms with Crippen molar-refractivity contribution in [3.05, 3.63) is 59.9 Å². The summed E-state index contributed by atoms with van der Waals surface area (Å²) < 4.78 is 0. The summed E-state index contributed by atoms with van der Waals surface area (Å²) >= 11 is 0. The van der Waals surface area contributed by atoms with Crippen LogP contribution in [0.2, 0.25) is 0 Å². The number of imidazole rings is 1. The standard InChI is InChI=1S/C22H24N4O2/c1-15-7-2-3-8-16(15)25-22(28)19-11-6-14-26(19)21(27)13-12-20-23-17-9-4-5-10-18(17)24-20/h2-5,7-10,19H,6,11-14H2,1H3,(H,23,24)(H,25,28)/t19-/m0/s1. The Kier molecular flexibility index (Phi) is 5.10. The minimum atomic E-state index is -0.400. The van der Waals surface area contributed by atoms with Gasteiger partial charge in [-0.25, -0.2) is 4.98 Å². The molecule has 2 aromatic carbocycles. The fourth-order valence-corrected chi connectivity index (χ4v) is 3.76. The second kappa shape index (κ2) is 7.84. The van der Waals surface area contributed by atoms with Gasteiger partial charge in [-0.15, -0.1) is 0 Å². The smallest absolute Gasteiger partial charge is 0.247 e. The van der Waals surface area contributed by atoms with E-state index in [4.69, 9.17) is 0 Å². The van der Waals surface area contributed by atoms with E-state index in [1.54, 1.807) is 4.90 Å². The molecule has 3 aromatic rings. The summed E-state index contributed by atoms with van der Waals surface area (Å²) in [5, 5.41) is 2.98. The second-order valence-corrected chi connectivity index (χ2v) is 7.25. The van der Waals surface area contributed by atoms with Crippen LogP contribution in [0.4, 0.5) is 5.69 Å². The second-order valence-electron chi connectivity index (χ2n) is 7.25. The molecule has 4 rings (SSSR count). The molecule has 1 aromatic heterocycles. The minimum Gasteiger partial charge on any atom is -0.342 e. The minimum absolute atomic E-state index is 0.00268. The molecule has 2 N–H and O–H groups in total. The number of likely N-dealkylation sites (tertiary alicyclic amines) is 1. The van der Waals surface area contributed by atoms with E-state index in [0.29, 0.717) is 25.8 Å². The summed E-state index contributed by atoms with van der Waals surface area (Å²) in [6.45, 7) is 2.59. The Hall–Kier alpha value is -3.15. The molecule has 2 amide bonds. The number of carbonyl (C=O) groups excluding carboxylic acids is 2. The van der Waals surface area contributed by atoms with Crippen molar-refractivity contribution < 1.29 is 9.59 Å². The van der Waals surface area contributed by atoms with Crippen molar-refractivity contribution in [2.45, 2.75) is 38.6 Å². The van der Waals surface area contributed by atoms with Crippen LogP contribution in [0, 0.1) is 6.92 Å². The van der Waals surface area contributed by atoms with Gasteiger partial charge in [0.05, 0.1) is 11.0 Å². The topological polar surface area (TPSA) is 78.1 Å². The van der Waals surface area contributed by atoms with Gasteiger partial charge in [-0.05, 0) is 43.5 Å². The molecule has 1 fully saturated rings. The lowest BCUT2D eigenvalue weighted by molar-refractivity contribution is -0.136. The maximum atomic E-state index is 12.8. The van der Waals surface area contributed by atoms with Gasteiger partial charge in [-0.3, -0.25) is 9.59 Å². The number of nitrogens with one attached hydrogen (secondary N) is 2.